The fourth-order valence-corrected chi connectivity index (χ4v) is 3.89. The van der Waals surface area contributed by atoms with Gasteiger partial charge in [-0.2, -0.15) is 0 Å². The average molecular weight is 475 g/mol. The first-order valence-corrected chi connectivity index (χ1v) is 10.4. The van der Waals surface area contributed by atoms with Crippen molar-refractivity contribution in [2.24, 2.45) is 17.4 Å². The fourth-order valence-electron chi connectivity index (χ4n) is 3.39. The third kappa shape index (κ3) is 4.07. The number of rotatable bonds is 6. The number of nitrogens with two attached hydrogens (primary N) is 2. The molecule has 2 atom stereocenters. The number of nitrogens with one attached hydrogen (secondary N) is 2. The highest BCUT2D eigenvalue weighted by Gasteiger charge is 2.35. The molecule has 32 heavy (non-hydrogen) atoms. The lowest BCUT2D eigenvalue weighted by Crippen LogP contribution is -2.60. The molecular weight excluding hydrogens is 455 g/mol. The van der Waals surface area contributed by atoms with Gasteiger partial charge < -0.3 is 22.1 Å². The second kappa shape index (κ2) is 8.30. The maximum absolute atomic E-state index is 11.0. The van der Waals surface area contributed by atoms with Gasteiger partial charge in [0.15, 0.2) is 5.82 Å². The molecule has 0 spiro atoms. The molecule has 0 fully saturated rings. The van der Waals surface area contributed by atoms with Crippen LogP contribution in [0.1, 0.15) is 6.92 Å². The minimum absolute atomic E-state index is 0.0821. The third-order valence-corrected chi connectivity index (χ3v) is 5.87. The molecule has 1 aliphatic rings. The van der Waals surface area contributed by atoms with E-state index in [2.05, 4.69) is 15.6 Å². The van der Waals surface area contributed by atoms with E-state index < -0.39 is 10.6 Å². The van der Waals surface area contributed by atoms with Gasteiger partial charge in [0.2, 0.25) is 5.95 Å². The van der Waals surface area contributed by atoms with Crippen molar-refractivity contribution in [1.82, 2.24) is 19.7 Å². The van der Waals surface area contributed by atoms with Crippen molar-refractivity contribution >= 4 is 34.8 Å². The zero-order valence-corrected chi connectivity index (χ0v) is 18.4. The number of benzene rings is 1. The molecule has 3 heterocycles. The van der Waals surface area contributed by atoms with Crippen molar-refractivity contribution in [3.05, 3.63) is 80.5 Å². The molecule has 6 N–H and O–H groups in total. The van der Waals surface area contributed by atoms with Gasteiger partial charge in [0.25, 0.3) is 0 Å². The summed E-state index contributed by atoms with van der Waals surface area (Å²) in [6.07, 6.45) is 6.30. The summed E-state index contributed by atoms with van der Waals surface area (Å²) in [5.74, 6) is 0.223. The maximum Gasteiger partial charge on any atom is 0.308 e. The van der Waals surface area contributed by atoms with E-state index in [1.54, 1.807) is 35.0 Å². The Balaban J connectivity index is 1.59. The van der Waals surface area contributed by atoms with Crippen molar-refractivity contribution in [2.45, 2.75) is 12.6 Å². The molecule has 0 radical (unpaired) electrons. The van der Waals surface area contributed by atoms with Gasteiger partial charge in [0.1, 0.15) is 11.3 Å². The standard InChI is InChI=1S/C20H20Cl2N8O2/c1-11(20(24)5-4-16(30(31)32)18(23)28-20)10-26-19-27-15(9-17-25-6-7-29(17)19)13-3-2-12(21)8-14(13)22/h2-9,11,28H,10,23-24H2,1H3,(H,26,27). The zero-order valence-electron chi connectivity index (χ0n) is 16.9. The van der Waals surface area contributed by atoms with Crippen LogP contribution in [-0.4, -0.2) is 31.5 Å². The van der Waals surface area contributed by atoms with Crippen LogP contribution in [0.3, 0.4) is 0 Å². The van der Waals surface area contributed by atoms with Gasteiger partial charge in [-0.05, 0) is 24.3 Å². The lowest BCUT2D eigenvalue weighted by atomic mass is 9.92. The lowest BCUT2D eigenvalue weighted by Gasteiger charge is -2.36. The Morgan fingerprint density at radius 1 is 1.38 bits per heavy atom. The number of dihydropyridines is 1. The number of hydrogen-bond acceptors (Lipinski definition) is 8. The summed E-state index contributed by atoms with van der Waals surface area (Å²) in [7, 11) is 0. The molecular formula is C20H20Cl2N8O2. The van der Waals surface area contributed by atoms with Crippen LogP contribution in [0.25, 0.3) is 16.9 Å². The average Bonchev–Trinajstić information content (AvgIpc) is 3.20. The van der Waals surface area contributed by atoms with Crippen molar-refractivity contribution < 1.29 is 4.92 Å². The van der Waals surface area contributed by atoms with E-state index in [0.717, 1.165) is 5.56 Å². The van der Waals surface area contributed by atoms with Crippen LogP contribution in [0.5, 0.6) is 0 Å². The van der Waals surface area contributed by atoms with Gasteiger partial charge in [-0.3, -0.25) is 14.5 Å². The number of imidazole rings is 1. The van der Waals surface area contributed by atoms with E-state index >= 15 is 0 Å². The quantitative estimate of drug-likeness (QED) is 0.314. The Hall–Kier alpha value is -3.34. The molecule has 0 saturated carbocycles. The minimum atomic E-state index is -1.08. The normalized spacial score (nSPS) is 19.1. The van der Waals surface area contributed by atoms with E-state index in [9.17, 15) is 10.1 Å². The van der Waals surface area contributed by atoms with Gasteiger partial charge in [0, 0.05) is 47.6 Å². The van der Waals surface area contributed by atoms with Crippen molar-refractivity contribution in [3.63, 3.8) is 0 Å². The highest BCUT2D eigenvalue weighted by Crippen LogP contribution is 2.31. The molecule has 1 aromatic carbocycles. The van der Waals surface area contributed by atoms with Crippen LogP contribution in [0.2, 0.25) is 10.0 Å². The number of fused-ring (bicyclic) bond motifs is 1. The molecule has 0 saturated heterocycles. The highest BCUT2D eigenvalue weighted by atomic mass is 35.5. The second-order valence-electron chi connectivity index (χ2n) is 7.47. The number of aromatic nitrogens is 3. The Kier molecular flexibility index (Phi) is 5.68. The summed E-state index contributed by atoms with van der Waals surface area (Å²) < 4.78 is 1.80. The zero-order chi connectivity index (χ0) is 23.0. The first-order chi connectivity index (χ1) is 15.2. The summed E-state index contributed by atoms with van der Waals surface area (Å²) >= 11 is 12.4. The molecule has 0 amide bonds. The van der Waals surface area contributed by atoms with Gasteiger partial charge in [-0.15, -0.1) is 0 Å². The Morgan fingerprint density at radius 2 is 2.16 bits per heavy atom. The molecule has 3 aromatic rings. The number of nitrogens with zero attached hydrogens (tertiary/aromatic N) is 4. The van der Waals surface area contributed by atoms with Crippen LogP contribution in [-0.2, 0) is 0 Å². The number of allylic oxidation sites excluding steroid dienone is 1. The molecule has 10 nitrogen and oxygen atoms in total. The van der Waals surface area contributed by atoms with Crippen LogP contribution in [0.4, 0.5) is 5.95 Å². The predicted molar refractivity (Wildman–Crippen MR) is 123 cm³/mol. The second-order valence-corrected chi connectivity index (χ2v) is 8.32. The van der Waals surface area contributed by atoms with Gasteiger partial charge in [0.05, 0.1) is 15.6 Å². The summed E-state index contributed by atoms with van der Waals surface area (Å²) in [4.78, 5) is 19.5. The van der Waals surface area contributed by atoms with Crippen LogP contribution >= 0.6 is 23.2 Å². The number of halogens is 2. The Labute approximate surface area is 193 Å². The Bertz CT molecular complexity index is 1270. The first-order valence-electron chi connectivity index (χ1n) is 9.62. The van der Waals surface area contributed by atoms with E-state index in [4.69, 9.17) is 39.7 Å². The molecule has 1 aliphatic heterocycles. The predicted octanol–water partition coefficient (Wildman–Crippen LogP) is 2.97. The van der Waals surface area contributed by atoms with E-state index in [1.807, 2.05) is 13.0 Å². The first kappa shape index (κ1) is 21.9. The van der Waals surface area contributed by atoms with Crippen LogP contribution < -0.4 is 22.1 Å². The molecule has 2 aromatic heterocycles. The van der Waals surface area contributed by atoms with E-state index in [0.29, 0.717) is 33.9 Å². The monoisotopic (exact) mass is 474 g/mol. The van der Waals surface area contributed by atoms with Crippen molar-refractivity contribution in [1.29, 1.82) is 0 Å². The highest BCUT2D eigenvalue weighted by molar-refractivity contribution is 6.36. The van der Waals surface area contributed by atoms with E-state index in [1.165, 1.54) is 12.2 Å². The summed E-state index contributed by atoms with van der Waals surface area (Å²) in [6.45, 7) is 2.27. The number of nitro groups is 1. The van der Waals surface area contributed by atoms with E-state index in [-0.39, 0.29) is 17.4 Å². The molecule has 0 bridgehead atoms. The Morgan fingerprint density at radius 3 is 2.84 bits per heavy atom. The molecule has 166 valence electrons. The topological polar surface area (TPSA) is 149 Å². The number of anilines is 1. The van der Waals surface area contributed by atoms with Crippen LogP contribution in [0, 0.1) is 16.0 Å². The number of hydrogen-bond donors (Lipinski definition) is 4. The lowest BCUT2D eigenvalue weighted by molar-refractivity contribution is -0.421. The molecule has 4 rings (SSSR count). The van der Waals surface area contributed by atoms with Crippen molar-refractivity contribution in [3.8, 4) is 11.3 Å². The molecule has 12 heteroatoms. The fraction of sp³-hybridized carbons (Fsp3) is 0.200. The summed E-state index contributed by atoms with van der Waals surface area (Å²) in [6, 6.07) is 7.02. The summed E-state index contributed by atoms with van der Waals surface area (Å²) in [5.41, 5.74) is 12.9. The molecule has 2 unspecified atom stereocenters. The largest absolute Gasteiger partial charge is 0.380 e. The van der Waals surface area contributed by atoms with Gasteiger partial charge >= 0.3 is 5.70 Å². The van der Waals surface area contributed by atoms with Gasteiger partial charge in [-0.25, -0.2) is 9.97 Å². The maximum atomic E-state index is 11.0. The smallest absolute Gasteiger partial charge is 0.308 e. The minimum Gasteiger partial charge on any atom is -0.380 e. The van der Waals surface area contributed by atoms with Crippen molar-refractivity contribution in [2.75, 3.05) is 11.9 Å². The summed E-state index contributed by atoms with van der Waals surface area (Å²) in [5, 5.41) is 18.2. The van der Waals surface area contributed by atoms with Gasteiger partial charge in [-0.1, -0.05) is 30.1 Å². The third-order valence-electron chi connectivity index (χ3n) is 5.32. The SMILES string of the molecule is CC(CNc1nc(-c2ccc(Cl)cc2Cl)cc2nccn12)C1(N)C=CC([N+](=O)[O-])=C(N)N1. The van der Waals surface area contributed by atoms with Crippen LogP contribution in [0.15, 0.2) is 60.3 Å². The molecule has 0 aliphatic carbocycles.